The van der Waals surface area contributed by atoms with Crippen molar-refractivity contribution in [2.75, 3.05) is 27.6 Å². The van der Waals surface area contributed by atoms with Crippen LogP contribution in [0.15, 0.2) is 0 Å². The quantitative estimate of drug-likeness (QED) is 0.563. The highest BCUT2D eigenvalue weighted by Gasteiger charge is 2.35. The maximum Gasteiger partial charge on any atom is 0.527 e. The van der Waals surface area contributed by atoms with Gasteiger partial charge in [-0.05, 0) is 0 Å². The van der Waals surface area contributed by atoms with Crippen molar-refractivity contribution >= 4 is 12.1 Å². The summed E-state index contributed by atoms with van der Waals surface area (Å²) in [4.78, 5) is 26.5. The Bertz CT molecular complexity index is 230. The molecule has 0 amide bonds. The van der Waals surface area contributed by atoms with Crippen LogP contribution >= 0.6 is 0 Å². The SMILES string of the molecule is COC(=O)ON1COCC1C(=O)OC. The van der Waals surface area contributed by atoms with Crippen molar-refractivity contribution in [2.24, 2.45) is 0 Å². The van der Waals surface area contributed by atoms with Crippen LogP contribution in [0.1, 0.15) is 0 Å². The summed E-state index contributed by atoms with van der Waals surface area (Å²) in [7, 11) is 2.42. The topological polar surface area (TPSA) is 74.3 Å². The van der Waals surface area contributed by atoms with E-state index in [1.165, 1.54) is 14.2 Å². The summed E-state index contributed by atoms with van der Waals surface area (Å²) >= 11 is 0. The molecule has 1 aliphatic rings. The third kappa shape index (κ3) is 2.33. The molecular weight excluding hydrogens is 194 g/mol. The standard InChI is InChI=1S/C7H11NO6/c1-11-6(9)5-3-13-4-8(5)14-7(10)12-2/h5H,3-4H2,1-2H3. The molecule has 1 saturated heterocycles. The molecule has 1 rings (SSSR count). The summed E-state index contributed by atoms with van der Waals surface area (Å²) in [5.41, 5.74) is 0. The molecule has 0 saturated carbocycles. The lowest BCUT2D eigenvalue weighted by Gasteiger charge is -2.17. The molecule has 1 heterocycles. The Morgan fingerprint density at radius 1 is 1.36 bits per heavy atom. The lowest BCUT2D eigenvalue weighted by molar-refractivity contribution is -0.173. The molecule has 7 nitrogen and oxygen atoms in total. The number of rotatable bonds is 2. The first kappa shape index (κ1) is 10.7. The highest BCUT2D eigenvalue weighted by Crippen LogP contribution is 2.11. The van der Waals surface area contributed by atoms with Crippen LogP contribution in [-0.4, -0.2) is 50.8 Å². The van der Waals surface area contributed by atoms with Crippen molar-refractivity contribution in [1.29, 1.82) is 0 Å². The Morgan fingerprint density at radius 2 is 2.07 bits per heavy atom. The first-order chi connectivity index (χ1) is 6.69. The third-order valence-corrected chi connectivity index (χ3v) is 1.67. The summed E-state index contributed by atoms with van der Waals surface area (Å²) < 4.78 is 13.7. The van der Waals surface area contributed by atoms with Gasteiger partial charge in [0.05, 0.1) is 20.8 Å². The second-order valence-corrected chi connectivity index (χ2v) is 2.50. The van der Waals surface area contributed by atoms with Gasteiger partial charge >= 0.3 is 12.1 Å². The van der Waals surface area contributed by atoms with E-state index in [1.807, 2.05) is 0 Å². The molecule has 1 fully saturated rings. The van der Waals surface area contributed by atoms with E-state index in [9.17, 15) is 9.59 Å². The van der Waals surface area contributed by atoms with E-state index in [4.69, 9.17) is 4.74 Å². The maximum atomic E-state index is 11.1. The van der Waals surface area contributed by atoms with Gasteiger partial charge in [0, 0.05) is 0 Å². The summed E-state index contributed by atoms with van der Waals surface area (Å²) in [5.74, 6) is -0.522. The van der Waals surface area contributed by atoms with Gasteiger partial charge in [0.1, 0.15) is 6.73 Å². The second-order valence-electron chi connectivity index (χ2n) is 2.50. The van der Waals surface area contributed by atoms with Gasteiger partial charge in [-0.3, -0.25) is 4.79 Å². The fourth-order valence-corrected chi connectivity index (χ4v) is 0.972. The van der Waals surface area contributed by atoms with Crippen LogP contribution in [0.25, 0.3) is 0 Å². The first-order valence-electron chi connectivity index (χ1n) is 3.87. The Morgan fingerprint density at radius 3 is 2.64 bits per heavy atom. The first-order valence-corrected chi connectivity index (χ1v) is 3.87. The molecule has 0 aromatic rings. The summed E-state index contributed by atoms with van der Waals surface area (Å²) in [6.45, 7) is 0.151. The average molecular weight is 205 g/mol. The molecule has 80 valence electrons. The Balaban J connectivity index is 2.51. The summed E-state index contributed by atoms with van der Waals surface area (Å²) in [5, 5.41) is 1.07. The van der Waals surface area contributed by atoms with Crippen molar-refractivity contribution in [2.45, 2.75) is 6.04 Å². The highest BCUT2D eigenvalue weighted by atomic mass is 16.8. The Hall–Kier alpha value is -1.34. The van der Waals surface area contributed by atoms with E-state index in [2.05, 4.69) is 14.3 Å². The van der Waals surface area contributed by atoms with Gasteiger partial charge in [-0.15, -0.1) is 0 Å². The number of hydrogen-bond donors (Lipinski definition) is 0. The van der Waals surface area contributed by atoms with Crippen molar-refractivity contribution in [1.82, 2.24) is 5.06 Å². The van der Waals surface area contributed by atoms with Crippen LogP contribution in [0, 0.1) is 0 Å². The van der Waals surface area contributed by atoms with E-state index in [0.717, 1.165) is 5.06 Å². The van der Waals surface area contributed by atoms with Crippen LogP contribution in [0.4, 0.5) is 4.79 Å². The molecule has 0 N–H and O–H groups in total. The van der Waals surface area contributed by atoms with Gasteiger partial charge in [0.25, 0.3) is 0 Å². The van der Waals surface area contributed by atoms with Crippen LogP contribution < -0.4 is 0 Å². The fourth-order valence-electron chi connectivity index (χ4n) is 0.972. The molecule has 7 heteroatoms. The predicted molar refractivity (Wildman–Crippen MR) is 42.0 cm³/mol. The van der Waals surface area contributed by atoms with Crippen LogP contribution in [-0.2, 0) is 23.8 Å². The molecular formula is C7H11NO6. The third-order valence-electron chi connectivity index (χ3n) is 1.67. The van der Waals surface area contributed by atoms with E-state index < -0.39 is 18.2 Å². The van der Waals surface area contributed by atoms with Crippen molar-refractivity contribution in [3.8, 4) is 0 Å². The zero-order valence-corrected chi connectivity index (χ0v) is 7.89. The van der Waals surface area contributed by atoms with Gasteiger partial charge in [-0.25, -0.2) is 4.79 Å². The monoisotopic (exact) mass is 205 g/mol. The number of esters is 1. The lowest BCUT2D eigenvalue weighted by Crippen LogP contribution is -2.39. The molecule has 0 aromatic heterocycles. The minimum absolute atomic E-state index is 0.0227. The number of carbonyl (C=O) groups is 2. The maximum absolute atomic E-state index is 11.1. The smallest absolute Gasteiger partial charge is 0.468 e. The fraction of sp³-hybridized carbons (Fsp3) is 0.714. The Kier molecular flexibility index (Phi) is 3.66. The normalized spacial score (nSPS) is 21.7. The second kappa shape index (κ2) is 4.77. The number of carbonyl (C=O) groups excluding carboxylic acids is 2. The number of nitrogens with zero attached hydrogens (tertiary/aromatic N) is 1. The molecule has 1 unspecified atom stereocenters. The molecule has 0 radical (unpaired) electrons. The zero-order chi connectivity index (χ0) is 10.6. The molecule has 0 aromatic carbocycles. The van der Waals surface area contributed by atoms with Gasteiger partial charge in [0.2, 0.25) is 0 Å². The van der Waals surface area contributed by atoms with E-state index in [0.29, 0.717) is 0 Å². The van der Waals surface area contributed by atoms with E-state index in [-0.39, 0.29) is 13.3 Å². The molecule has 0 aliphatic carbocycles. The highest BCUT2D eigenvalue weighted by molar-refractivity contribution is 5.76. The lowest BCUT2D eigenvalue weighted by atomic mass is 10.3. The predicted octanol–water partition coefficient (Wildman–Crippen LogP) is -0.484. The molecule has 1 aliphatic heterocycles. The summed E-state index contributed by atoms with van der Waals surface area (Å²) in [6.07, 6.45) is -0.899. The Labute approximate surface area is 80.4 Å². The van der Waals surface area contributed by atoms with Crippen molar-refractivity contribution < 1.29 is 28.6 Å². The molecule has 0 spiro atoms. The molecule has 14 heavy (non-hydrogen) atoms. The number of hydroxylamine groups is 2. The van der Waals surface area contributed by atoms with Gasteiger partial charge < -0.3 is 19.0 Å². The van der Waals surface area contributed by atoms with Crippen LogP contribution in [0.2, 0.25) is 0 Å². The number of methoxy groups -OCH3 is 2. The molecule has 0 bridgehead atoms. The zero-order valence-electron chi connectivity index (χ0n) is 7.89. The van der Waals surface area contributed by atoms with Gasteiger partial charge in [-0.2, -0.15) is 0 Å². The number of ether oxygens (including phenoxy) is 3. The van der Waals surface area contributed by atoms with E-state index >= 15 is 0 Å². The minimum Gasteiger partial charge on any atom is -0.468 e. The van der Waals surface area contributed by atoms with Crippen LogP contribution in [0.5, 0.6) is 0 Å². The largest absolute Gasteiger partial charge is 0.527 e. The van der Waals surface area contributed by atoms with Crippen molar-refractivity contribution in [3.05, 3.63) is 0 Å². The minimum atomic E-state index is -0.899. The van der Waals surface area contributed by atoms with Crippen molar-refractivity contribution in [3.63, 3.8) is 0 Å². The van der Waals surface area contributed by atoms with Gasteiger partial charge in [0.15, 0.2) is 6.04 Å². The van der Waals surface area contributed by atoms with Crippen LogP contribution in [0.3, 0.4) is 0 Å². The van der Waals surface area contributed by atoms with E-state index in [1.54, 1.807) is 0 Å². The molecule has 1 atom stereocenters. The summed E-state index contributed by atoms with van der Waals surface area (Å²) in [6, 6.07) is -0.723. The van der Waals surface area contributed by atoms with Gasteiger partial charge in [-0.1, -0.05) is 5.06 Å². The average Bonchev–Trinajstić information content (AvgIpc) is 2.64. The number of hydrogen-bond acceptors (Lipinski definition) is 7.